The Morgan fingerprint density at radius 2 is 1.18 bits per heavy atom. The fourth-order valence-electron chi connectivity index (χ4n) is 7.29. The number of phosphoric acid groups is 1. The highest BCUT2D eigenvalue weighted by atomic mass is 31.2. The monoisotopic (exact) mass is 1160 g/mol. The molecule has 2 aliphatic rings. The molecular weight excluding hydrogens is 1070 g/mol. The van der Waals surface area contributed by atoms with Gasteiger partial charge in [-0.3, -0.25) is 28.2 Å². The van der Waals surface area contributed by atoms with E-state index in [2.05, 4.69) is 19.1 Å². The summed E-state index contributed by atoms with van der Waals surface area (Å²) in [5, 5.41) is 31.7. The van der Waals surface area contributed by atoms with Gasteiger partial charge < -0.3 is 69.2 Å². The third-order valence-electron chi connectivity index (χ3n) is 11.8. The average molecular weight is 1160 g/mol. The van der Waals surface area contributed by atoms with E-state index in [0.29, 0.717) is 45.6 Å². The topological polar surface area (TPSA) is 297 Å². The summed E-state index contributed by atoms with van der Waals surface area (Å²) in [4.78, 5) is 54.9. The van der Waals surface area contributed by atoms with Gasteiger partial charge in [-0.05, 0) is 51.5 Å². The summed E-state index contributed by atoms with van der Waals surface area (Å²) in [5.74, 6) is -15.7. The summed E-state index contributed by atoms with van der Waals surface area (Å²) < 4.78 is 129. The van der Waals surface area contributed by atoms with Crippen LogP contribution in [-0.2, 0) is 65.9 Å². The number of methoxy groups -OCH3 is 1. The van der Waals surface area contributed by atoms with E-state index in [9.17, 15) is 61.0 Å². The highest BCUT2D eigenvalue weighted by molar-refractivity contribution is 7.47. The lowest BCUT2D eigenvalue weighted by Gasteiger charge is -2.43. The number of carbonyl (C=O) groups excluding carboxylic acids is 4. The number of hydrogen-bond donors (Lipinski definition) is 6. The van der Waals surface area contributed by atoms with Crippen LogP contribution < -0.4 is 15.8 Å². The van der Waals surface area contributed by atoms with Crippen LogP contribution >= 0.6 is 7.82 Å². The van der Waals surface area contributed by atoms with Crippen LogP contribution in [0.25, 0.3) is 0 Å². The van der Waals surface area contributed by atoms with Crippen molar-refractivity contribution in [3.63, 3.8) is 0 Å². The second-order valence-electron chi connectivity index (χ2n) is 17.8. The molecule has 0 aromatic heterocycles. The van der Waals surface area contributed by atoms with Gasteiger partial charge in [0.15, 0.2) is 12.6 Å². The maximum absolute atomic E-state index is 13.6. The van der Waals surface area contributed by atoms with Crippen LogP contribution in [0.2, 0.25) is 0 Å². The van der Waals surface area contributed by atoms with E-state index < -0.39 is 104 Å². The maximum atomic E-state index is 13.6. The van der Waals surface area contributed by atoms with Gasteiger partial charge in [0.2, 0.25) is 40.7 Å². The second kappa shape index (κ2) is 43.3. The Morgan fingerprint density at radius 3 is 1.71 bits per heavy atom. The number of esters is 3. The highest BCUT2D eigenvalue weighted by Gasteiger charge is 2.45. The number of halogens is 5. The highest BCUT2D eigenvalue weighted by Crippen LogP contribution is 2.42. The molecular formula is C51H90F5N2O19P. The van der Waals surface area contributed by atoms with E-state index >= 15 is 0 Å². The number of aliphatic hydroxyl groups excluding tert-OH is 3. The van der Waals surface area contributed by atoms with Crippen molar-refractivity contribution in [2.75, 3.05) is 67.0 Å². The number of aliphatic hydroxyl groups is 3. The summed E-state index contributed by atoms with van der Waals surface area (Å²) in [5.41, 5.74) is 5.30. The zero-order valence-corrected chi connectivity index (χ0v) is 46.8. The van der Waals surface area contributed by atoms with Crippen LogP contribution in [0.3, 0.4) is 0 Å². The minimum Gasteiger partial charge on any atom is -0.463 e. The van der Waals surface area contributed by atoms with Gasteiger partial charge in [-0.2, -0.15) is 8.78 Å². The third kappa shape index (κ3) is 29.8. The molecule has 2 heterocycles. The molecule has 1 amide bonds. The van der Waals surface area contributed by atoms with E-state index in [1.54, 1.807) is 14.0 Å². The number of nitrogens with one attached hydrogen (secondary N) is 1. The van der Waals surface area contributed by atoms with Gasteiger partial charge in [-0.15, -0.1) is 0 Å². The lowest BCUT2D eigenvalue weighted by atomic mass is 9.84. The molecule has 5 unspecified atom stereocenters. The van der Waals surface area contributed by atoms with Crippen molar-refractivity contribution in [2.45, 2.75) is 182 Å². The van der Waals surface area contributed by atoms with Crippen molar-refractivity contribution in [3.8, 4) is 5.75 Å². The molecule has 0 radical (unpaired) electrons. The van der Waals surface area contributed by atoms with Crippen molar-refractivity contribution in [1.29, 1.82) is 0 Å². The number of phosphoric ester groups is 1. The Balaban J connectivity index is 0. The Hall–Kier alpha value is -3.50. The Morgan fingerprint density at radius 1 is 0.667 bits per heavy atom. The minimum atomic E-state index is -3.75. The van der Waals surface area contributed by atoms with E-state index in [1.165, 1.54) is 13.8 Å². The number of carbonyl (C=O) groups is 4. The van der Waals surface area contributed by atoms with E-state index in [-0.39, 0.29) is 70.4 Å². The fraction of sp³-hybridized carbons (Fsp3) is 0.804. The molecule has 2 fully saturated rings. The molecule has 27 heteroatoms. The molecule has 0 bridgehead atoms. The maximum Gasteiger partial charge on any atom is 0.471 e. The largest absolute Gasteiger partial charge is 0.471 e. The predicted molar refractivity (Wildman–Crippen MR) is 275 cm³/mol. The second-order valence-corrected chi connectivity index (χ2v) is 19.4. The molecule has 2 saturated heterocycles. The summed E-state index contributed by atoms with van der Waals surface area (Å²) in [6.07, 6.45) is 2.49. The zero-order chi connectivity index (χ0) is 58.7. The molecule has 78 heavy (non-hydrogen) atoms. The number of benzene rings is 1. The molecule has 458 valence electrons. The number of rotatable bonds is 31. The van der Waals surface area contributed by atoms with Crippen molar-refractivity contribution in [3.05, 3.63) is 29.1 Å². The van der Waals surface area contributed by atoms with Gasteiger partial charge in [-0.1, -0.05) is 67.7 Å². The summed E-state index contributed by atoms with van der Waals surface area (Å²) in [7, 11) is -0.971. The number of hydrogen-bond acceptors (Lipinski definition) is 19. The number of nitrogens with two attached hydrogens (primary N) is 1. The van der Waals surface area contributed by atoms with Crippen molar-refractivity contribution in [2.24, 2.45) is 23.5 Å². The number of amides is 1. The van der Waals surface area contributed by atoms with Gasteiger partial charge in [-0.25, -0.2) is 17.7 Å². The summed E-state index contributed by atoms with van der Waals surface area (Å²) >= 11 is 0. The Labute approximate surface area is 456 Å². The van der Waals surface area contributed by atoms with Crippen molar-refractivity contribution < 1.29 is 113 Å². The normalized spacial score (nSPS) is 23.3. The standard InChI is InChI=1S/C24H29F5O8.C17H33NO7.C7H18NO4P.C2H6.CH4/c1-11-12(2)24(36-15(10-34-13(3)30)22(11)35-14(4)31)33-9-7-5-6-8-16(32)37-23-20(28)18(26)17(25)19(27)21(23)29;1-12-15(21)16(22)13(11-19)25-17(12)24-10-5-3-4-7-14(20)18-8-6-9-23-2;1-11-13(9,10)12-7-5-3-2-4-6-8;1-2;/h11-12,15,22,24H,5-10H2,1-4H3;12-13,15-17,19,21-22H,3-11H2,1-2H3,(H,18,20);2-8H2,1H3,(H,9,10);1-2H3;1H4/t11-,12?,15?,22-,24-;12?,13?,15-,16+,17-;;;/m11.../s1. The molecule has 11 atom stereocenters. The first-order chi connectivity index (χ1) is 36.5. The van der Waals surface area contributed by atoms with Crippen molar-refractivity contribution in [1.82, 2.24) is 5.32 Å². The quantitative estimate of drug-likeness (QED) is 0.00823. The summed E-state index contributed by atoms with van der Waals surface area (Å²) in [6, 6.07) is 0. The van der Waals surface area contributed by atoms with Crippen LogP contribution in [0.1, 0.15) is 139 Å². The molecule has 1 aromatic rings. The number of ether oxygens (including phenoxy) is 8. The molecule has 7 N–H and O–H groups in total. The van der Waals surface area contributed by atoms with Crippen LogP contribution in [0.15, 0.2) is 0 Å². The van der Waals surface area contributed by atoms with E-state index in [0.717, 1.165) is 58.5 Å². The van der Waals surface area contributed by atoms with Gasteiger partial charge in [0.05, 0.1) is 19.3 Å². The first-order valence-electron chi connectivity index (χ1n) is 26.0. The third-order valence-corrected chi connectivity index (χ3v) is 12.8. The van der Waals surface area contributed by atoms with Crippen molar-refractivity contribution >= 4 is 31.6 Å². The zero-order valence-electron chi connectivity index (χ0n) is 45.9. The summed E-state index contributed by atoms with van der Waals surface area (Å²) in [6.45, 7) is 14.3. The van der Waals surface area contributed by atoms with Crippen LogP contribution in [0.4, 0.5) is 22.0 Å². The average Bonchev–Trinajstić information content (AvgIpc) is 3.40. The molecule has 2 aliphatic heterocycles. The Kier molecular flexibility index (Phi) is 42.5. The Bertz CT molecular complexity index is 1850. The minimum absolute atomic E-state index is 0. The molecule has 3 rings (SSSR count). The SMILES string of the molecule is C.CC.CC(=O)OCC1O[C@@H](OCCCCCC(=O)Oc2c(F)c(F)c(F)c(F)c2F)C(C)[C@@H](C)[C@H]1OC(C)=O.COCCCNC(=O)CCCCCO[C@@H]1OC(CO)[C@H](O)[C@H](O)C1C.COP(=O)(O)OCCCCCCN. The molecule has 21 nitrogen and oxygen atoms in total. The van der Waals surface area contributed by atoms with Gasteiger partial charge in [0.1, 0.15) is 31.0 Å². The lowest BCUT2D eigenvalue weighted by Crippen LogP contribution is -2.55. The lowest BCUT2D eigenvalue weighted by molar-refractivity contribution is -0.282. The molecule has 1 aromatic carbocycles. The van der Waals surface area contributed by atoms with Gasteiger partial charge in [0.25, 0.3) is 0 Å². The van der Waals surface area contributed by atoms with Crippen LogP contribution in [0.5, 0.6) is 5.75 Å². The van der Waals surface area contributed by atoms with Gasteiger partial charge in [0, 0.05) is 85.0 Å². The smallest absolute Gasteiger partial charge is 0.463 e. The van der Waals surface area contributed by atoms with E-state index in [1.807, 2.05) is 27.7 Å². The molecule has 0 aliphatic carbocycles. The first-order valence-corrected chi connectivity index (χ1v) is 27.5. The van der Waals surface area contributed by atoms with E-state index in [4.69, 9.17) is 43.8 Å². The van der Waals surface area contributed by atoms with Crippen LogP contribution in [-0.4, -0.2) is 154 Å². The molecule has 0 saturated carbocycles. The molecule has 0 spiro atoms. The fourth-order valence-corrected chi connectivity index (χ4v) is 7.75. The first kappa shape index (κ1) is 76.6. The number of unbranched alkanes of at least 4 members (excludes halogenated alkanes) is 7. The predicted octanol–water partition coefficient (Wildman–Crippen LogP) is 7.08. The van der Waals surface area contributed by atoms with Crippen LogP contribution in [0, 0.1) is 46.8 Å². The van der Waals surface area contributed by atoms with Gasteiger partial charge >= 0.3 is 25.7 Å².